The fraction of sp³-hybridized carbons (Fsp3) is 0.0385. The molecule has 0 bridgehead atoms. The van der Waals surface area contributed by atoms with Crippen LogP contribution in [-0.2, 0) is 6.42 Å². The van der Waals surface area contributed by atoms with Crippen molar-refractivity contribution in [3.8, 4) is 22.4 Å². The number of benzene rings is 3. The number of rotatable bonds is 4. The largest absolute Gasteiger partial charge is 0.369 e. The van der Waals surface area contributed by atoms with Gasteiger partial charge in [0, 0.05) is 29.9 Å². The Balaban J connectivity index is 1.77. The molecule has 0 saturated carbocycles. The van der Waals surface area contributed by atoms with Gasteiger partial charge in [-0.3, -0.25) is 0 Å². The van der Waals surface area contributed by atoms with E-state index in [9.17, 15) is 4.79 Å². The van der Waals surface area contributed by atoms with Crippen LogP contribution in [0.1, 0.15) is 11.3 Å². The fourth-order valence-corrected chi connectivity index (χ4v) is 3.76. The van der Waals surface area contributed by atoms with E-state index >= 15 is 0 Å². The van der Waals surface area contributed by atoms with Crippen molar-refractivity contribution in [2.75, 3.05) is 0 Å². The first-order valence-electron chi connectivity index (χ1n) is 10.1. The van der Waals surface area contributed by atoms with Gasteiger partial charge in [-0.05, 0) is 17.2 Å². The summed E-state index contributed by atoms with van der Waals surface area (Å²) in [6.45, 7) is 0. The first-order chi connectivity index (χ1) is 15.3. The third kappa shape index (κ3) is 3.69. The molecule has 31 heavy (non-hydrogen) atoms. The molecule has 5 nitrogen and oxygen atoms in total. The molecule has 5 aromatic rings. The molecule has 0 radical (unpaired) electrons. The Kier molecular flexibility index (Phi) is 4.99. The molecule has 0 spiro atoms. The van der Waals surface area contributed by atoms with E-state index in [1.165, 1.54) is 9.36 Å². The van der Waals surface area contributed by atoms with Crippen molar-refractivity contribution in [3.05, 3.63) is 121 Å². The fourth-order valence-electron chi connectivity index (χ4n) is 3.76. The Hall–Kier alpha value is -4.25. The molecule has 0 aliphatic carbocycles. The average molecular weight is 404 g/mol. The van der Waals surface area contributed by atoms with E-state index in [0.29, 0.717) is 6.42 Å². The predicted octanol–water partition coefficient (Wildman–Crippen LogP) is 5.52. The highest BCUT2D eigenvalue weighted by molar-refractivity contribution is 5.91. The predicted molar refractivity (Wildman–Crippen MR) is 121 cm³/mol. The summed E-state index contributed by atoms with van der Waals surface area (Å²) >= 11 is 0. The van der Waals surface area contributed by atoms with Crippen LogP contribution in [0.4, 0.5) is 4.79 Å². The van der Waals surface area contributed by atoms with Gasteiger partial charge in [0.2, 0.25) is 0 Å². The first kappa shape index (κ1) is 18.8. The maximum absolute atomic E-state index is 13.4. The lowest BCUT2D eigenvalue weighted by Crippen LogP contribution is -2.22. The second kappa shape index (κ2) is 8.24. The van der Waals surface area contributed by atoms with E-state index in [1.54, 1.807) is 18.5 Å². The molecule has 0 fully saturated rings. The van der Waals surface area contributed by atoms with Crippen LogP contribution < -0.4 is 0 Å². The van der Waals surface area contributed by atoms with Gasteiger partial charge in [-0.1, -0.05) is 91.0 Å². The van der Waals surface area contributed by atoms with Crippen LogP contribution in [0.3, 0.4) is 0 Å². The SMILES string of the molecule is O=C(n1cccn1)n1nc(Cc2ccccc2)c(-c2ccccc2)c1-c1ccccc1. The topological polar surface area (TPSA) is 52.7 Å². The second-order valence-corrected chi connectivity index (χ2v) is 7.21. The number of carbonyl (C=O) groups excluding carboxylic acids is 1. The lowest BCUT2D eigenvalue weighted by molar-refractivity contribution is 0.238. The molecule has 2 aromatic heterocycles. The van der Waals surface area contributed by atoms with Crippen molar-refractivity contribution in [1.82, 2.24) is 19.6 Å². The molecule has 5 rings (SSSR count). The zero-order valence-electron chi connectivity index (χ0n) is 16.8. The zero-order chi connectivity index (χ0) is 21.0. The lowest BCUT2D eigenvalue weighted by Gasteiger charge is -2.10. The summed E-state index contributed by atoms with van der Waals surface area (Å²) < 4.78 is 2.78. The van der Waals surface area contributed by atoms with Crippen molar-refractivity contribution in [1.29, 1.82) is 0 Å². The number of carbonyl (C=O) groups is 1. The second-order valence-electron chi connectivity index (χ2n) is 7.21. The van der Waals surface area contributed by atoms with Gasteiger partial charge in [0.25, 0.3) is 0 Å². The standard InChI is InChI=1S/C26H20N4O/c31-26(29-18-10-17-27-29)30-25(22-15-8-3-9-16-22)24(21-13-6-2-7-14-21)23(28-30)19-20-11-4-1-5-12-20/h1-18H,19H2. The monoisotopic (exact) mass is 404 g/mol. The maximum Gasteiger partial charge on any atom is 0.369 e. The van der Waals surface area contributed by atoms with Crippen molar-refractivity contribution in [2.24, 2.45) is 0 Å². The summed E-state index contributed by atoms with van der Waals surface area (Å²) in [5.74, 6) is 0. The Labute approximate surface area is 180 Å². The molecular weight excluding hydrogens is 384 g/mol. The van der Waals surface area contributed by atoms with Crippen molar-refractivity contribution in [2.45, 2.75) is 6.42 Å². The number of hydrogen-bond donors (Lipinski definition) is 0. The van der Waals surface area contributed by atoms with E-state index in [2.05, 4.69) is 29.4 Å². The van der Waals surface area contributed by atoms with Crippen LogP contribution in [-0.4, -0.2) is 25.6 Å². The molecule has 5 heteroatoms. The van der Waals surface area contributed by atoms with Crippen LogP contribution in [0.5, 0.6) is 0 Å². The van der Waals surface area contributed by atoms with E-state index in [1.807, 2.05) is 66.7 Å². The van der Waals surface area contributed by atoms with E-state index in [4.69, 9.17) is 5.10 Å². The highest BCUT2D eigenvalue weighted by atomic mass is 16.2. The Morgan fingerprint density at radius 1 is 0.742 bits per heavy atom. The normalized spacial score (nSPS) is 10.8. The Morgan fingerprint density at radius 3 is 1.97 bits per heavy atom. The van der Waals surface area contributed by atoms with Gasteiger partial charge in [0.1, 0.15) is 0 Å². The van der Waals surface area contributed by atoms with Gasteiger partial charge in [-0.2, -0.15) is 19.6 Å². The highest BCUT2D eigenvalue weighted by Crippen LogP contribution is 2.36. The van der Waals surface area contributed by atoms with Gasteiger partial charge < -0.3 is 0 Å². The molecule has 0 atom stereocenters. The summed E-state index contributed by atoms with van der Waals surface area (Å²) in [6, 6.07) is 31.6. The van der Waals surface area contributed by atoms with Gasteiger partial charge in [0.05, 0.1) is 11.4 Å². The lowest BCUT2D eigenvalue weighted by atomic mass is 9.96. The van der Waals surface area contributed by atoms with Gasteiger partial charge in [-0.25, -0.2) is 4.79 Å². The number of hydrogen-bond acceptors (Lipinski definition) is 3. The summed E-state index contributed by atoms with van der Waals surface area (Å²) in [6.07, 6.45) is 3.84. The van der Waals surface area contributed by atoms with Gasteiger partial charge >= 0.3 is 6.03 Å². The van der Waals surface area contributed by atoms with Crippen LogP contribution in [0.25, 0.3) is 22.4 Å². The van der Waals surface area contributed by atoms with E-state index < -0.39 is 0 Å². The molecule has 0 aliphatic heterocycles. The number of aromatic nitrogens is 4. The minimum absolute atomic E-state index is 0.319. The smallest absolute Gasteiger partial charge is 0.244 e. The zero-order valence-corrected chi connectivity index (χ0v) is 16.8. The molecule has 0 saturated heterocycles. The molecule has 0 aliphatic rings. The van der Waals surface area contributed by atoms with Crippen LogP contribution in [0.15, 0.2) is 109 Å². The molecular formula is C26H20N4O. The highest BCUT2D eigenvalue weighted by Gasteiger charge is 2.25. The summed E-state index contributed by atoms with van der Waals surface area (Å²) in [7, 11) is 0. The first-order valence-corrected chi connectivity index (χ1v) is 10.1. The van der Waals surface area contributed by atoms with E-state index in [-0.39, 0.29) is 6.03 Å². The third-order valence-electron chi connectivity index (χ3n) is 5.16. The minimum Gasteiger partial charge on any atom is -0.244 e. The molecule has 0 unspecified atom stereocenters. The van der Waals surface area contributed by atoms with Crippen molar-refractivity contribution >= 4 is 6.03 Å². The van der Waals surface area contributed by atoms with Crippen molar-refractivity contribution < 1.29 is 4.79 Å². The minimum atomic E-state index is -0.319. The van der Waals surface area contributed by atoms with Gasteiger partial charge in [0.15, 0.2) is 0 Å². The quantitative estimate of drug-likeness (QED) is 0.396. The molecule has 0 N–H and O–H groups in total. The molecule has 3 aromatic carbocycles. The van der Waals surface area contributed by atoms with Crippen molar-refractivity contribution in [3.63, 3.8) is 0 Å². The number of nitrogens with zero attached hydrogens (tertiary/aromatic N) is 4. The Morgan fingerprint density at radius 2 is 1.35 bits per heavy atom. The molecule has 150 valence electrons. The van der Waals surface area contributed by atoms with Crippen LogP contribution in [0.2, 0.25) is 0 Å². The van der Waals surface area contributed by atoms with Crippen LogP contribution >= 0.6 is 0 Å². The summed E-state index contributed by atoms with van der Waals surface area (Å²) in [4.78, 5) is 13.4. The Bertz CT molecular complexity index is 1290. The summed E-state index contributed by atoms with van der Waals surface area (Å²) in [5.41, 5.74) is 5.64. The maximum atomic E-state index is 13.4. The van der Waals surface area contributed by atoms with Crippen LogP contribution in [0, 0.1) is 0 Å². The molecule has 2 heterocycles. The summed E-state index contributed by atoms with van der Waals surface area (Å²) in [5, 5.41) is 8.95. The molecule has 0 amide bonds. The third-order valence-corrected chi connectivity index (χ3v) is 5.16. The van der Waals surface area contributed by atoms with Gasteiger partial charge in [-0.15, -0.1) is 0 Å². The average Bonchev–Trinajstić information content (AvgIpc) is 3.49. The van der Waals surface area contributed by atoms with E-state index in [0.717, 1.165) is 33.6 Å².